The van der Waals surface area contributed by atoms with E-state index in [1.807, 2.05) is 0 Å². The van der Waals surface area contributed by atoms with Crippen LogP contribution in [-0.2, 0) is 0 Å². The van der Waals surface area contributed by atoms with E-state index in [1.54, 1.807) is 6.92 Å². The molecule has 1 atom stereocenters. The fourth-order valence-electron chi connectivity index (χ4n) is 1.68. The lowest BCUT2D eigenvalue weighted by atomic mass is 10.2. The number of alkyl halides is 3. The summed E-state index contributed by atoms with van der Waals surface area (Å²) in [5.74, 6) is -0.473. The van der Waals surface area contributed by atoms with Crippen LogP contribution in [0.1, 0.15) is 12.5 Å². The highest BCUT2D eigenvalue weighted by Gasteiger charge is 2.57. The van der Waals surface area contributed by atoms with Crippen LogP contribution in [0, 0.1) is 0 Å². The molecule has 2 heterocycles. The van der Waals surface area contributed by atoms with Gasteiger partial charge in [0.2, 0.25) is 0 Å². The van der Waals surface area contributed by atoms with E-state index in [0.717, 1.165) is 11.8 Å². The average molecular weight is 413 g/mol. The monoisotopic (exact) mass is 412 g/mol. The van der Waals surface area contributed by atoms with Crippen molar-refractivity contribution in [3.8, 4) is 0 Å². The van der Waals surface area contributed by atoms with Crippen LogP contribution >= 0.6 is 27.7 Å². The lowest BCUT2D eigenvalue weighted by Gasteiger charge is -2.21. The number of nitrogens with zero attached hydrogens (tertiary/aromatic N) is 2. The Hall–Kier alpha value is -1.33. The van der Waals surface area contributed by atoms with Crippen LogP contribution in [-0.4, -0.2) is 45.4 Å². The maximum absolute atomic E-state index is 12.8. The smallest absolute Gasteiger partial charge is 0.361 e. The number of carbonyl (C=O) groups excluding carboxylic acids is 1. The molecule has 0 bridgehead atoms. The fraction of sp³-hybridized carbons (Fsp3) is 0.417. The summed E-state index contributed by atoms with van der Waals surface area (Å²) in [5, 5.41) is 14.6. The van der Waals surface area contributed by atoms with Gasteiger partial charge in [-0.15, -0.1) is 11.8 Å². The third-order valence-corrected chi connectivity index (χ3v) is 4.58. The number of thioether (sulfide) groups is 1. The molecule has 0 unspecified atom stereocenters. The number of pyridine rings is 1. The zero-order valence-electron chi connectivity index (χ0n) is 11.7. The van der Waals surface area contributed by atoms with Crippen molar-refractivity contribution in [1.29, 1.82) is 0 Å². The van der Waals surface area contributed by atoms with Crippen LogP contribution in [0.2, 0.25) is 0 Å². The van der Waals surface area contributed by atoms with Crippen molar-refractivity contribution >= 4 is 44.6 Å². The van der Waals surface area contributed by atoms with Crippen LogP contribution < -0.4 is 10.6 Å². The molecule has 1 aromatic rings. The van der Waals surface area contributed by atoms with Crippen molar-refractivity contribution in [3.63, 3.8) is 0 Å². The molecule has 3 N–H and O–H groups in total. The van der Waals surface area contributed by atoms with Crippen LogP contribution in [0.15, 0.2) is 21.7 Å². The number of aromatic nitrogens is 1. The number of amides is 2. The maximum atomic E-state index is 12.8. The van der Waals surface area contributed by atoms with E-state index in [4.69, 9.17) is 0 Å². The number of hydrogen-bond donors (Lipinski definition) is 3. The highest BCUT2D eigenvalue weighted by Crippen LogP contribution is 2.41. The Kier molecular flexibility index (Phi) is 5.21. The number of hydrogen-bond acceptors (Lipinski definition) is 5. The van der Waals surface area contributed by atoms with Crippen molar-refractivity contribution in [3.05, 3.63) is 22.3 Å². The largest absolute Gasteiger partial charge is 0.439 e. The van der Waals surface area contributed by atoms with E-state index in [0.29, 0.717) is 16.6 Å². The summed E-state index contributed by atoms with van der Waals surface area (Å²) in [5.41, 5.74) is -2.81. The Morgan fingerprint density at radius 1 is 1.57 bits per heavy atom. The van der Waals surface area contributed by atoms with Crippen LogP contribution in [0.25, 0.3) is 0 Å². The molecule has 2 rings (SSSR count). The molecule has 126 valence electrons. The van der Waals surface area contributed by atoms with Crippen molar-refractivity contribution in [2.24, 2.45) is 4.99 Å². The van der Waals surface area contributed by atoms with Gasteiger partial charge >= 0.3 is 12.2 Å². The van der Waals surface area contributed by atoms with E-state index in [-0.39, 0.29) is 10.9 Å². The Labute approximate surface area is 142 Å². The summed E-state index contributed by atoms with van der Waals surface area (Å²) >= 11 is 3.95. The SMILES string of the molecule is CCNC(=O)Nc1cc(C2=N[C@](O)(C(F)(F)F)CS2)c(Br)cn1. The van der Waals surface area contributed by atoms with Crippen molar-refractivity contribution in [1.82, 2.24) is 10.3 Å². The van der Waals surface area contributed by atoms with Gasteiger partial charge in [-0.3, -0.25) is 5.32 Å². The fourth-order valence-corrected chi connectivity index (χ4v) is 3.32. The van der Waals surface area contributed by atoms with Gasteiger partial charge in [0, 0.05) is 22.8 Å². The number of halogens is 4. The quantitative estimate of drug-likeness (QED) is 0.712. The summed E-state index contributed by atoms with van der Waals surface area (Å²) in [4.78, 5) is 18.8. The van der Waals surface area contributed by atoms with Crippen molar-refractivity contribution in [2.45, 2.75) is 18.8 Å². The minimum atomic E-state index is -4.86. The Morgan fingerprint density at radius 2 is 2.26 bits per heavy atom. The predicted octanol–water partition coefficient (Wildman–Crippen LogP) is 2.73. The van der Waals surface area contributed by atoms with Gasteiger partial charge in [0.1, 0.15) is 10.9 Å². The van der Waals surface area contributed by atoms with E-state index in [1.165, 1.54) is 12.3 Å². The minimum Gasteiger partial charge on any atom is -0.361 e. The number of aliphatic imine (C=N–C) groups is 1. The van der Waals surface area contributed by atoms with Gasteiger partial charge in [-0.2, -0.15) is 13.2 Å². The molecule has 0 aliphatic carbocycles. The van der Waals surface area contributed by atoms with Gasteiger partial charge in [0.25, 0.3) is 5.72 Å². The number of nitrogens with one attached hydrogen (secondary N) is 2. The molecular formula is C12H12BrF3N4O2S. The molecule has 6 nitrogen and oxygen atoms in total. The summed E-state index contributed by atoms with van der Waals surface area (Å²) in [6.07, 6.45) is -3.52. The Bertz CT molecular complexity index is 656. The highest BCUT2D eigenvalue weighted by atomic mass is 79.9. The zero-order valence-corrected chi connectivity index (χ0v) is 14.1. The molecule has 0 saturated heterocycles. The summed E-state index contributed by atoms with van der Waals surface area (Å²) in [7, 11) is 0. The second kappa shape index (κ2) is 6.65. The first-order chi connectivity index (χ1) is 10.7. The second-order valence-electron chi connectivity index (χ2n) is 4.55. The second-order valence-corrected chi connectivity index (χ2v) is 6.37. The summed E-state index contributed by atoms with van der Waals surface area (Å²) in [6, 6.07) is 0.897. The zero-order chi connectivity index (χ0) is 17.3. The number of urea groups is 1. The van der Waals surface area contributed by atoms with Gasteiger partial charge in [0.15, 0.2) is 0 Å². The lowest BCUT2D eigenvalue weighted by molar-refractivity contribution is -0.245. The molecule has 0 aromatic carbocycles. The van der Waals surface area contributed by atoms with Gasteiger partial charge in [0.05, 0.1) is 5.75 Å². The Balaban J connectivity index is 2.30. The number of rotatable bonds is 3. The highest BCUT2D eigenvalue weighted by molar-refractivity contribution is 9.10. The maximum Gasteiger partial charge on any atom is 0.439 e. The van der Waals surface area contributed by atoms with Crippen LogP contribution in [0.5, 0.6) is 0 Å². The van der Waals surface area contributed by atoms with Gasteiger partial charge < -0.3 is 10.4 Å². The molecular weight excluding hydrogens is 401 g/mol. The number of aliphatic hydroxyl groups is 1. The van der Waals surface area contributed by atoms with E-state index >= 15 is 0 Å². The molecule has 1 aliphatic rings. The van der Waals surface area contributed by atoms with Gasteiger partial charge in [-0.05, 0) is 28.9 Å². The Morgan fingerprint density at radius 3 is 2.83 bits per heavy atom. The number of carbonyl (C=O) groups is 1. The molecule has 0 saturated carbocycles. The topological polar surface area (TPSA) is 86.6 Å². The van der Waals surface area contributed by atoms with Gasteiger partial charge in [-0.1, -0.05) is 0 Å². The first-order valence-electron chi connectivity index (χ1n) is 6.39. The third kappa shape index (κ3) is 3.96. The average Bonchev–Trinajstić information content (AvgIpc) is 2.84. The predicted molar refractivity (Wildman–Crippen MR) is 84.6 cm³/mol. The van der Waals surface area contributed by atoms with Crippen molar-refractivity contribution < 1.29 is 23.1 Å². The summed E-state index contributed by atoms with van der Waals surface area (Å²) < 4.78 is 38.8. The van der Waals surface area contributed by atoms with Gasteiger partial charge in [-0.25, -0.2) is 14.8 Å². The van der Waals surface area contributed by atoms with Crippen molar-refractivity contribution in [2.75, 3.05) is 17.6 Å². The standard InChI is InChI=1S/C12H12BrF3N4O2S/c1-2-17-10(21)19-8-3-6(7(13)4-18-8)9-20-11(22,5-23-9)12(14,15)16/h3-4,22H,2,5H2,1H3,(H2,17,18,19,21)/t11-/m1/s1. The molecule has 2 amide bonds. The molecule has 1 aliphatic heterocycles. The third-order valence-electron chi connectivity index (χ3n) is 2.82. The summed E-state index contributed by atoms with van der Waals surface area (Å²) in [6.45, 7) is 2.15. The normalized spacial score (nSPS) is 21.0. The molecule has 0 radical (unpaired) electrons. The first kappa shape index (κ1) is 18.0. The van der Waals surface area contributed by atoms with E-state index in [2.05, 4.69) is 36.5 Å². The number of anilines is 1. The van der Waals surface area contributed by atoms with Crippen LogP contribution in [0.3, 0.4) is 0 Å². The molecule has 0 fully saturated rings. The first-order valence-corrected chi connectivity index (χ1v) is 8.16. The minimum absolute atomic E-state index is 0.0121. The molecule has 0 spiro atoms. The lowest BCUT2D eigenvalue weighted by Crippen LogP contribution is -2.43. The molecule has 1 aromatic heterocycles. The van der Waals surface area contributed by atoms with E-state index in [9.17, 15) is 23.1 Å². The molecule has 23 heavy (non-hydrogen) atoms. The van der Waals surface area contributed by atoms with E-state index < -0.39 is 23.7 Å². The molecule has 11 heteroatoms. The van der Waals surface area contributed by atoms with Crippen LogP contribution in [0.4, 0.5) is 23.8 Å².